The van der Waals surface area contributed by atoms with Crippen molar-refractivity contribution in [2.45, 2.75) is 6.92 Å². The van der Waals surface area contributed by atoms with Crippen LogP contribution in [0, 0.1) is 6.92 Å². The van der Waals surface area contributed by atoms with E-state index in [0.29, 0.717) is 10.2 Å². The van der Waals surface area contributed by atoms with E-state index in [1.807, 2.05) is 0 Å². The highest BCUT2D eigenvalue weighted by molar-refractivity contribution is 7.17. The van der Waals surface area contributed by atoms with E-state index in [9.17, 15) is 14.7 Å². The summed E-state index contributed by atoms with van der Waals surface area (Å²) in [6, 6.07) is 0. The molecule has 0 aliphatic heterocycles. The lowest BCUT2D eigenvalue weighted by Crippen LogP contribution is -2.24. The van der Waals surface area contributed by atoms with Gasteiger partial charge in [0.15, 0.2) is 5.56 Å². The van der Waals surface area contributed by atoms with Crippen molar-refractivity contribution < 1.29 is 15.0 Å². The Kier molecular flexibility index (Phi) is 2.23. The van der Waals surface area contributed by atoms with E-state index >= 15 is 0 Å². The van der Waals surface area contributed by atoms with Gasteiger partial charge in [-0.1, -0.05) is 0 Å². The first-order chi connectivity index (χ1) is 7.45. The zero-order valence-corrected chi connectivity index (χ0v) is 9.46. The summed E-state index contributed by atoms with van der Waals surface area (Å²) in [4.78, 5) is 23.2. The van der Waals surface area contributed by atoms with Gasteiger partial charge >= 0.3 is 5.97 Å². The van der Waals surface area contributed by atoms with Gasteiger partial charge in [0.25, 0.3) is 5.56 Å². The molecule has 0 bridgehead atoms. The second-order valence-corrected chi connectivity index (χ2v) is 4.35. The molecule has 5 nitrogen and oxygen atoms in total. The summed E-state index contributed by atoms with van der Waals surface area (Å²) < 4.78 is 1.25. The molecule has 0 aliphatic rings. The van der Waals surface area contributed by atoms with Crippen LogP contribution >= 0.6 is 11.3 Å². The maximum Gasteiger partial charge on any atom is 0.345 e. The fraction of sp³-hybridized carbons (Fsp3) is 0.200. The molecule has 2 rings (SSSR count). The van der Waals surface area contributed by atoms with Gasteiger partial charge in [-0.05, 0) is 17.9 Å². The second-order valence-electron chi connectivity index (χ2n) is 3.49. The van der Waals surface area contributed by atoms with Gasteiger partial charge in [-0.25, -0.2) is 4.79 Å². The van der Waals surface area contributed by atoms with E-state index < -0.39 is 22.8 Å². The quantitative estimate of drug-likeness (QED) is 0.786. The topological polar surface area (TPSA) is 79.5 Å². The lowest BCUT2D eigenvalue weighted by atomic mass is 10.1. The van der Waals surface area contributed by atoms with Crippen LogP contribution in [0.3, 0.4) is 0 Å². The Balaban J connectivity index is 3.10. The number of carbonyl (C=O) groups is 1. The fourth-order valence-electron chi connectivity index (χ4n) is 1.64. The molecule has 2 aromatic rings. The third-order valence-corrected chi connectivity index (χ3v) is 3.64. The molecular weight excluding hydrogens is 230 g/mol. The van der Waals surface area contributed by atoms with Crippen LogP contribution < -0.4 is 5.56 Å². The van der Waals surface area contributed by atoms with Crippen molar-refractivity contribution in [2.75, 3.05) is 0 Å². The predicted molar refractivity (Wildman–Crippen MR) is 60.4 cm³/mol. The standard InChI is InChI=1S/C10H9NO4S/c1-4-3-16-9-5(4)7(12)6(10(14)15)8(13)11(9)2/h3,12H,1-2H3,(H,14,15). The van der Waals surface area contributed by atoms with E-state index in [0.717, 1.165) is 5.56 Å². The molecule has 0 saturated carbocycles. The first-order valence-electron chi connectivity index (χ1n) is 4.48. The van der Waals surface area contributed by atoms with Gasteiger partial charge in [-0.3, -0.25) is 4.79 Å². The van der Waals surface area contributed by atoms with Gasteiger partial charge in [-0.15, -0.1) is 11.3 Å². The molecule has 0 saturated heterocycles. The number of nitrogens with zero attached hydrogens (tertiary/aromatic N) is 1. The Labute approximate surface area is 94.2 Å². The van der Waals surface area contributed by atoms with E-state index in [1.165, 1.54) is 23.0 Å². The molecule has 2 heterocycles. The van der Waals surface area contributed by atoms with Crippen molar-refractivity contribution in [2.24, 2.45) is 7.05 Å². The van der Waals surface area contributed by atoms with Gasteiger partial charge in [0.2, 0.25) is 0 Å². The normalized spacial score (nSPS) is 10.9. The van der Waals surface area contributed by atoms with Crippen LogP contribution in [0.2, 0.25) is 0 Å². The summed E-state index contributed by atoms with van der Waals surface area (Å²) in [5.41, 5.74) is -0.508. The van der Waals surface area contributed by atoms with Crippen LogP contribution in [-0.4, -0.2) is 20.7 Å². The molecule has 2 aromatic heterocycles. The van der Waals surface area contributed by atoms with Crippen molar-refractivity contribution in [3.8, 4) is 5.75 Å². The molecule has 84 valence electrons. The number of fused-ring (bicyclic) bond motifs is 1. The summed E-state index contributed by atoms with van der Waals surface area (Å²) in [5, 5.41) is 20.9. The summed E-state index contributed by atoms with van der Waals surface area (Å²) in [6.07, 6.45) is 0. The van der Waals surface area contributed by atoms with Crippen molar-refractivity contribution >= 4 is 27.5 Å². The van der Waals surface area contributed by atoms with Crippen LogP contribution in [0.1, 0.15) is 15.9 Å². The third kappa shape index (κ3) is 1.23. The number of hydrogen-bond donors (Lipinski definition) is 2. The van der Waals surface area contributed by atoms with Gasteiger partial charge in [-0.2, -0.15) is 0 Å². The molecule has 0 aromatic carbocycles. The third-order valence-electron chi connectivity index (χ3n) is 2.47. The Hall–Kier alpha value is -1.82. The van der Waals surface area contributed by atoms with Crippen LogP contribution in [0.5, 0.6) is 5.75 Å². The molecule has 6 heteroatoms. The van der Waals surface area contributed by atoms with Crippen LogP contribution in [0.15, 0.2) is 10.2 Å². The Morgan fingerprint density at radius 3 is 2.69 bits per heavy atom. The lowest BCUT2D eigenvalue weighted by molar-refractivity contribution is 0.0691. The van der Waals surface area contributed by atoms with Crippen molar-refractivity contribution in [3.63, 3.8) is 0 Å². The number of hydrogen-bond acceptors (Lipinski definition) is 4. The average molecular weight is 239 g/mol. The Morgan fingerprint density at radius 2 is 2.12 bits per heavy atom. The van der Waals surface area contributed by atoms with Crippen molar-refractivity contribution in [3.05, 3.63) is 26.9 Å². The average Bonchev–Trinajstić information content (AvgIpc) is 2.57. The largest absolute Gasteiger partial charge is 0.506 e. The number of aryl methyl sites for hydroxylation is 2. The predicted octanol–water partition coefficient (Wildman–Crippen LogP) is 1.31. The Morgan fingerprint density at radius 1 is 1.50 bits per heavy atom. The summed E-state index contributed by atoms with van der Waals surface area (Å²) in [6.45, 7) is 1.76. The lowest BCUT2D eigenvalue weighted by Gasteiger charge is -2.06. The summed E-state index contributed by atoms with van der Waals surface area (Å²) in [7, 11) is 1.49. The molecule has 0 unspecified atom stereocenters. The highest BCUT2D eigenvalue weighted by Gasteiger charge is 2.22. The van der Waals surface area contributed by atoms with Gasteiger partial charge in [0.1, 0.15) is 10.6 Å². The number of aromatic hydroxyl groups is 1. The maximum absolute atomic E-state index is 11.7. The minimum absolute atomic E-state index is 0.435. The highest BCUT2D eigenvalue weighted by Crippen LogP contribution is 2.33. The molecule has 0 spiro atoms. The molecule has 0 aliphatic carbocycles. The highest BCUT2D eigenvalue weighted by atomic mass is 32.1. The number of thiophene rings is 1. The van der Waals surface area contributed by atoms with E-state index in [4.69, 9.17) is 5.11 Å². The number of aromatic carboxylic acids is 1. The molecule has 0 fully saturated rings. The van der Waals surface area contributed by atoms with Crippen molar-refractivity contribution in [1.29, 1.82) is 0 Å². The van der Waals surface area contributed by atoms with Gasteiger partial charge in [0, 0.05) is 7.05 Å². The summed E-state index contributed by atoms with van der Waals surface area (Å²) >= 11 is 1.30. The zero-order chi connectivity index (χ0) is 12.0. The second kappa shape index (κ2) is 3.34. The molecule has 0 amide bonds. The zero-order valence-electron chi connectivity index (χ0n) is 8.64. The number of carboxylic acid groups (broad SMARTS) is 1. The number of pyridine rings is 1. The maximum atomic E-state index is 11.7. The van der Waals surface area contributed by atoms with Gasteiger partial charge < -0.3 is 14.8 Å². The van der Waals surface area contributed by atoms with Crippen LogP contribution in [-0.2, 0) is 7.05 Å². The molecule has 0 atom stereocenters. The first-order valence-corrected chi connectivity index (χ1v) is 5.36. The minimum Gasteiger partial charge on any atom is -0.506 e. The van der Waals surface area contributed by atoms with E-state index in [1.54, 1.807) is 12.3 Å². The number of rotatable bonds is 1. The van der Waals surface area contributed by atoms with Gasteiger partial charge in [0.05, 0.1) is 5.39 Å². The first kappa shape index (κ1) is 10.7. The van der Waals surface area contributed by atoms with Crippen LogP contribution in [0.4, 0.5) is 0 Å². The molecular formula is C10H9NO4S. The van der Waals surface area contributed by atoms with Crippen molar-refractivity contribution in [1.82, 2.24) is 4.57 Å². The fourth-order valence-corrected chi connectivity index (χ4v) is 2.67. The monoisotopic (exact) mass is 239 g/mol. The summed E-state index contributed by atoms with van der Waals surface area (Å²) in [5.74, 6) is -1.85. The molecule has 16 heavy (non-hydrogen) atoms. The number of carboxylic acids is 1. The van der Waals surface area contributed by atoms with E-state index in [2.05, 4.69) is 0 Å². The Bertz CT molecular complexity index is 653. The SMILES string of the molecule is Cc1csc2c1c(O)c(C(=O)O)c(=O)n2C. The van der Waals surface area contributed by atoms with E-state index in [-0.39, 0.29) is 0 Å². The smallest absolute Gasteiger partial charge is 0.345 e. The molecule has 0 radical (unpaired) electrons. The van der Waals surface area contributed by atoms with Crippen LogP contribution in [0.25, 0.3) is 10.2 Å². The minimum atomic E-state index is -1.41. The molecule has 2 N–H and O–H groups in total. The number of aromatic nitrogens is 1.